The van der Waals surface area contributed by atoms with E-state index in [1.54, 1.807) is 0 Å². The molecule has 4 heterocycles. The monoisotopic (exact) mass is 1250 g/mol. The Hall–Kier alpha value is -0.665. The highest BCUT2D eigenvalue weighted by atomic mass is 28.6. The fraction of sp³-hybridized carbons (Fsp3) is 0.800. The first-order valence-electron chi connectivity index (χ1n) is 34.2. The zero-order valence-electron chi connectivity index (χ0n) is 49.2. The smallest absolute Gasteiger partial charge is 0.378 e. The normalized spacial score (nSPS) is 41.0. The summed E-state index contributed by atoms with van der Waals surface area (Å²) in [5.74, 6) is 0. The van der Waals surface area contributed by atoms with Gasteiger partial charge in [-0.25, -0.2) is 0 Å². The third-order valence-corrected chi connectivity index (χ3v) is 61.6. The fourth-order valence-corrected chi connectivity index (χ4v) is 72.7. The van der Waals surface area contributed by atoms with Crippen LogP contribution in [0.3, 0.4) is 0 Å². The molecule has 4 unspecified atom stereocenters. The number of hydrogen-bond donors (Lipinski definition) is 2. The Bertz CT molecular complexity index is 2140. The summed E-state index contributed by atoms with van der Waals surface area (Å²) in [6, 6.07) is 21.9. The van der Waals surface area contributed by atoms with Crippen molar-refractivity contribution in [1.82, 2.24) is 0 Å². The number of rotatable bonds is 12. The van der Waals surface area contributed by atoms with Crippen LogP contribution >= 0.6 is 0 Å². The molecule has 81 heavy (non-hydrogen) atoms. The lowest BCUT2D eigenvalue weighted by molar-refractivity contribution is -0.0180. The highest BCUT2D eigenvalue weighted by Crippen LogP contribution is 2.64. The SMILES string of the molecule is c1ccc(N[Si]2(C3CCCCC3)O[Si]3(C4CCCCC4)O[Si]4(C5CCCCC5)O[Si](Nc5ccccc5)(C5CCCCC5)O[Si]5(C6CCCCC6)O[Si](C6CCCCC6)(O2)O[Si](C2CCCCC2)(O3)O[Si](C2CCCCC2)(O4)O5)cc1. The van der Waals surface area contributed by atoms with Crippen molar-refractivity contribution in [3.63, 3.8) is 0 Å². The minimum Gasteiger partial charge on any atom is -0.378 e. The second kappa shape index (κ2) is 24.7. The van der Waals surface area contributed by atoms with Crippen LogP contribution in [0, 0.1) is 0 Å². The van der Waals surface area contributed by atoms with Crippen LogP contribution in [0.2, 0.25) is 44.3 Å². The standard InChI is InChI=1S/C60H100N2O11Si8/c1-11-31-51(32-12-1)61-74(53-35-15-3-16-36-53)63-76(55-39-19-5-20-40-55)67-78(57-43-23-7-24-44-57)65-75(54-37-17-4-18-38-54,62-52-33-13-2-14-34-52)66-79(58-45-25-8-26-46-58)68-77(64-74,56-41-21-6-22-42-56)70-80(69-76,59-47-27-9-28-48-59)73-81(71-78,72-79)60-49-29-10-30-50-60/h1-2,11-14,31-34,53-62H,3-10,15-30,35-50H2. The predicted molar refractivity (Wildman–Crippen MR) is 333 cm³/mol. The van der Waals surface area contributed by atoms with Crippen molar-refractivity contribution in [2.24, 2.45) is 0 Å². The number of nitrogens with one attached hydrogen (secondary N) is 2. The zero-order valence-corrected chi connectivity index (χ0v) is 57.2. The maximum Gasteiger partial charge on any atom is 0.482 e. The molecule has 4 atom stereocenters. The molecule has 4 saturated heterocycles. The molecule has 2 aromatic rings. The summed E-state index contributed by atoms with van der Waals surface area (Å²) in [4.78, 5) is 8.79. The first-order valence-corrected chi connectivity index (χ1v) is 48.8. The third kappa shape index (κ3) is 11.5. The number of para-hydroxylation sites is 2. The molecule has 13 nitrogen and oxygen atoms in total. The average Bonchev–Trinajstić information content (AvgIpc) is 2.68. The maximum atomic E-state index is 9.20. The summed E-state index contributed by atoms with van der Waals surface area (Å²) < 4.78 is 100. The van der Waals surface area contributed by atoms with Crippen molar-refractivity contribution in [2.75, 3.05) is 9.96 Å². The topological polar surface area (TPSA) is 126 Å². The highest BCUT2D eigenvalue weighted by Gasteiger charge is 2.86. The second-order valence-electron chi connectivity index (χ2n) is 27.7. The lowest BCUT2D eigenvalue weighted by Crippen LogP contribution is -2.89. The van der Waals surface area contributed by atoms with Crippen LogP contribution in [0.1, 0.15) is 257 Å². The average molecular weight is 1250 g/mol. The summed E-state index contributed by atoms with van der Waals surface area (Å²) in [5, 5.41) is 0. The van der Waals surface area contributed by atoms with Crippen molar-refractivity contribution in [3.8, 4) is 0 Å². The summed E-state index contributed by atoms with van der Waals surface area (Å²) in [6.45, 7) is 0. The van der Waals surface area contributed by atoms with E-state index in [-0.39, 0.29) is 44.3 Å². The van der Waals surface area contributed by atoms with Gasteiger partial charge in [0.15, 0.2) is 0 Å². The van der Waals surface area contributed by atoms with Gasteiger partial charge in [-0.15, -0.1) is 0 Å². The Morgan fingerprint density at radius 2 is 0.383 bits per heavy atom. The molecule has 2 aromatic carbocycles. The van der Waals surface area contributed by atoms with Gasteiger partial charge in [0.2, 0.25) is 0 Å². The lowest BCUT2D eigenvalue weighted by Gasteiger charge is -2.66. The summed E-state index contributed by atoms with van der Waals surface area (Å²) in [7, 11) is -33.2. The fourth-order valence-electron chi connectivity index (χ4n) is 17.9. The molecule has 21 heteroatoms. The Kier molecular flexibility index (Phi) is 17.7. The summed E-state index contributed by atoms with van der Waals surface area (Å²) in [6.07, 6.45) is 42.9. The van der Waals surface area contributed by atoms with Crippen LogP contribution in [0.15, 0.2) is 60.7 Å². The Balaban J connectivity index is 1.12. The Morgan fingerprint density at radius 3 is 0.580 bits per heavy atom. The molecule has 12 fully saturated rings. The van der Waals surface area contributed by atoms with Crippen LogP contribution in [-0.2, 0) is 45.3 Å². The number of benzene rings is 2. The molecule has 2 N–H and O–H groups in total. The minimum atomic E-state index is -4.25. The Labute approximate surface area is 495 Å². The largest absolute Gasteiger partial charge is 0.482 e. The third-order valence-electron chi connectivity index (χ3n) is 22.3. The quantitative estimate of drug-likeness (QED) is 0.196. The van der Waals surface area contributed by atoms with E-state index in [0.29, 0.717) is 0 Å². The molecule has 12 aliphatic rings. The van der Waals surface area contributed by atoms with Gasteiger partial charge in [0.25, 0.3) is 0 Å². The molecule has 0 radical (unpaired) electrons. The summed E-state index contributed by atoms with van der Waals surface area (Å²) >= 11 is 0. The van der Waals surface area contributed by atoms with Gasteiger partial charge >= 0.3 is 70.3 Å². The van der Waals surface area contributed by atoms with E-state index < -0.39 is 70.3 Å². The van der Waals surface area contributed by atoms with Gasteiger partial charge < -0.3 is 55.2 Å². The molecule has 6 bridgehead atoms. The lowest BCUT2D eigenvalue weighted by atomic mass is 10.0. The van der Waals surface area contributed by atoms with Crippen LogP contribution < -0.4 is 9.96 Å². The molecular weight excluding hydrogens is 1150 g/mol. The van der Waals surface area contributed by atoms with Crippen molar-refractivity contribution in [3.05, 3.63) is 60.7 Å². The van der Waals surface area contributed by atoms with Gasteiger partial charge in [0.05, 0.1) is 0 Å². The van der Waals surface area contributed by atoms with E-state index in [4.69, 9.17) is 37.0 Å². The van der Waals surface area contributed by atoms with E-state index in [1.165, 1.54) is 51.4 Å². The van der Waals surface area contributed by atoms with Crippen molar-refractivity contribution < 1.29 is 45.3 Å². The van der Waals surface area contributed by atoms with E-state index in [1.807, 2.05) is 0 Å². The van der Waals surface area contributed by atoms with Gasteiger partial charge in [-0.3, -0.25) is 0 Å². The van der Waals surface area contributed by atoms with Gasteiger partial charge in [-0.1, -0.05) is 190 Å². The van der Waals surface area contributed by atoms with Crippen LogP contribution in [0.25, 0.3) is 0 Å². The van der Waals surface area contributed by atoms with Crippen molar-refractivity contribution in [1.29, 1.82) is 0 Å². The predicted octanol–water partition coefficient (Wildman–Crippen LogP) is 17.6. The second-order valence-corrected chi connectivity index (χ2v) is 53.7. The first-order chi connectivity index (χ1) is 39.8. The molecule has 0 amide bonds. The number of fused-ring (bicyclic) bond motifs is 4. The minimum absolute atomic E-state index is 0.0121. The van der Waals surface area contributed by atoms with Gasteiger partial charge in [0.1, 0.15) is 0 Å². The van der Waals surface area contributed by atoms with Crippen LogP contribution in [-0.4, -0.2) is 70.3 Å². The highest BCUT2D eigenvalue weighted by molar-refractivity contribution is 7.03. The van der Waals surface area contributed by atoms with Gasteiger partial charge in [-0.2, -0.15) is 0 Å². The van der Waals surface area contributed by atoms with E-state index in [0.717, 1.165) is 217 Å². The molecule has 0 aromatic heterocycles. The van der Waals surface area contributed by atoms with Gasteiger partial charge in [-0.05, 0) is 127 Å². The number of hydrogen-bond acceptors (Lipinski definition) is 13. The van der Waals surface area contributed by atoms with Crippen LogP contribution in [0.5, 0.6) is 0 Å². The molecule has 14 rings (SSSR count). The molecule has 0 spiro atoms. The number of anilines is 2. The molecule has 4 aliphatic heterocycles. The van der Waals surface area contributed by atoms with E-state index in [9.17, 15) is 8.23 Å². The molecular formula is C60H100N2O11Si8. The molecule has 8 aliphatic carbocycles. The molecule has 448 valence electrons. The first kappa shape index (κ1) is 58.0. The maximum absolute atomic E-state index is 9.20. The van der Waals surface area contributed by atoms with E-state index >= 15 is 0 Å². The van der Waals surface area contributed by atoms with E-state index in [2.05, 4.69) is 70.6 Å². The van der Waals surface area contributed by atoms with Crippen molar-refractivity contribution in [2.45, 2.75) is 301 Å². The van der Waals surface area contributed by atoms with Gasteiger partial charge in [0, 0.05) is 55.7 Å². The summed E-state index contributed by atoms with van der Waals surface area (Å²) in [5.41, 5.74) is 2.18. The van der Waals surface area contributed by atoms with Crippen molar-refractivity contribution >= 4 is 81.6 Å². The molecule has 8 saturated carbocycles. The van der Waals surface area contributed by atoms with Crippen LogP contribution in [0.4, 0.5) is 11.4 Å². The Morgan fingerprint density at radius 1 is 0.210 bits per heavy atom. The zero-order chi connectivity index (χ0) is 54.3.